The van der Waals surface area contributed by atoms with Crippen LogP contribution in [0.4, 0.5) is 5.69 Å². The molecule has 0 radical (unpaired) electrons. The molecular weight excluding hydrogens is 182 g/mol. The second-order valence-corrected chi connectivity index (χ2v) is 4.26. The van der Waals surface area contributed by atoms with Crippen molar-refractivity contribution in [3.8, 4) is 0 Å². The Hall–Kier alpha value is -0.690. The molecule has 2 heteroatoms. The summed E-state index contributed by atoms with van der Waals surface area (Å²) in [5.74, 6) is 0. The topological polar surface area (TPSA) is 12.0 Å². The molecule has 1 aliphatic heterocycles. The summed E-state index contributed by atoms with van der Waals surface area (Å²) in [5, 5.41) is 3.59. The number of anilines is 1. The molecular formula is C11H14ClN. The van der Waals surface area contributed by atoms with Crippen LogP contribution in [0, 0.1) is 13.8 Å². The van der Waals surface area contributed by atoms with Crippen LogP contribution in [0.5, 0.6) is 0 Å². The van der Waals surface area contributed by atoms with Crippen molar-refractivity contribution in [3.63, 3.8) is 0 Å². The summed E-state index contributed by atoms with van der Waals surface area (Å²) in [5.41, 5.74) is 5.12. The van der Waals surface area contributed by atoms with Crippen LogP contribution in [0.3, 0.4) is 0 Å². The van der Waals surface area contributed by atoms with Crippen LogP contribution >= 0.6 is 11.6 Å². The van der Waals surface area contributed by atoms with E-state index in [0.29, 0.717) is 0 Å². The Bertz CT molecular complexity index is 333. The van der Waals surface area contributed by atoms with E-state index in [1.807, 2.05) is 0 Å². The molecule has 70 valence electrons. The van der Waals surface area contributed by atoms with Gasteiger partial charge < -0.3 is 5.32 Å². The minimum Gasteiger partial charge on any atom is -0.384 e. The normalized spacial score (nSPS) is 20.7. The summed E-state index contributed by atoms with van der Waals surface area (Å²) >= 11 is 6.25. The summed E-state index contributed by atoms with van der Waals surface area (Å²) in [6.45, 7) is 5.24. The number of halogens is 1. The van der Waals surface area contributed by atoms with Gasteiger partial charge >= 0.3 is 0 Å². The number of fused-ring (bicyclic) bond motifs is 1. The van der Waals surface area contributed by atoms with Crippen LogP contribution < -0.4 is 5.32 Å². The first kappa shape index (κ1) is 8.89. The van der Waals surface area contributed by atoms with Crippen LogP contribution in [0.2, 0.25) is 0 Å². The number of hydrogen-bond donors (Lipinski definition) is 1. The highest BCUT2D eigenvalue weighted by Crippen LogP contribution is 2.36. The first-order chi connectivity index (χ1) is 6.18. The molecule has 0 saturated carbocycles. The second kappa shape index (κ2) is 3.22. The summed E-state index contributed by atoms with van der Waals surface area (Å²) in [4.78, 5) is 0. The van der Waals surface area contributed by atoms with Crippen molar-refractivity contribution < 1.29 is 0 Å². The van der Waals surface area contributed by atoms with Crippen LogP contribution in [-0.2, 0) is 0 Å². The van der Waals surface area contributed by atoms with Crippen LogP contribution in [-0.4, -0.2) is 6.54 Å². The Balaban J connectivity index is 2.56. The largest absolute Gasteiger partial charge is 0.384 e. The Labute approximate surface area is 84.1 Å². The zero-order valence-corrected chi connectivity index (χ0v) is 8.78. The van der Waals surface area contributed by atoms with E-state index in [0.717, 1.165) is 13.0 Å². The second-order valence-electron chi connectivity index (χ2n) is 3.73. The Kier molecular flexibility index (Phi) is 2.20. The number of nitrogens with one attached hydrogen (secondary N) is 1. The van der Waals surface area contributed by atoms with Crippen LogP contribution in [0.25, 0.3) is 0 Å². The third kappa shape index (κ3) is 1.53. The standard InChI is InChI=1S/C11H14ClN/c1-7-5-8(2)11-9(6-7)10(12)3-4-13-11/h5-6,10,13H,3-4H2,1-2H3. The number of benzene rings is 1. The average Bonchev–Trinajstić information content (AvgIpc) is 2.07. The highest BCUT2D eigenvalue weighted by molar-refractivity contribution is 6.21. The van der Waals surface area contributed by atoms with E-state index in [2.05, 4.69) is 31.3 Å². The predicted octanol–water partition coefficient (Wildman–Crippen LogP) is 3.40. The highest BCUT2D eigenvalue weighted by Gasteiger charge is 2.18. The molecule has 1 nitrogen and oxygen atoms in total. The van der Waals surface area contributed by atoms with E-state index >= 15 is 0 Å². The SMILES string of the molecule is Cc1cc(C)c2c(c1)C(Cl)CCN2. The van der Waals surface area contributed by atoms with Crippen molar-refractivity contribution in [3.05, 3.63) is 28.8 Å². The van der Waals surface area contributed by atoms with E-state index in [4.69, 9.17) is 11.6 Å². The molecule has 1 N–H and O–H groups in total. The maximum atomic E-state index is 6.25. The van der Waals surface area contributed by atoms with Crippen molar-refractivity contribution >= 4 is 17.3 Å². The highest BCUT2D eigenvalue weighted by atomic mass is 35.5. The molecule has 0 saturated heterocycles. The van der Waals surface area contributed by atoms with Crippen molar-refractivity contribution in [2.24, 2.45) is 0 Å². The number of hydrogen-bond acceptors (Lipinski definition) is 1. The third-order valence-corrected chi connectivity index (χ3v) is 3.00. The Morgan fingerprint density at radius 1 is 1.38 bits per heavy atom. The van der Waals surface area contributed by atoms with Crippen molar-refractivity contribution in [1.82, 2.24) is 0 Å². The minimum atomic E-state index is 0.190. The molecule has 0 aromatic heterocycles. The Morgan fingerprint density at radius 3 is 2.92 bits per heavy atom. The maximum absolute atomic E-state index is 6.25. The van der Waals surface area contributed by atoms with E-state index in [9.17, 15) is 0 Å². The van der Waals surface area contributed by atoms with Gasteiger partial charge in [0, 0.05) is 12.2 Å². The number of rotatable bonds is 0. The minimum absolute atomic E-state index is 0.190. The van der Waals surface area contributed by atoms with Crippen LogP contribution in [0.1, 0.15) is 28.5 Å². The fourth-order valence-corrected chi connectivity index (χ4v) is 2.25. The van der Waals surface area contributed by atoms with Crippen molar-refractivity contribution in [2.45, 2.75) is 25.6 Å². The van der Waals surface area contributed by atoms with E-state index in [-0.39, 0.29) is 5.38 Å². The van der Waals surface area contributed by atoms with Gasteiger partial charge in [0.05, 0.1) is 5.38 Å². The molecule has 1 aliphatic rings. The lowest BCUT2D eigenvalue weighted by molar-refractivity contribution is 0.798. The lowest BCUT2D eigenvalue weighted by atomic mass is 9.97. The number of alkyl halides is 1. The number of aryl methyl sites for hydroxylation is 2. The molecule has 1 aromatic rings. The summed E-state index contributed by atoms with van der Waals surface area (Å²) in [6, 6.07) is 4.38. The quantitative estimate of drug-likeness (QED) is 0.626. The molecule has 0 fully saturated rings. The molecule has 2 rings (SSSR count). The third-order valence-electron chi connectivity index (χ3n) is 2.55. The van der Waals surface area contributed by atoms with Gasteiger partial charge in [-0.1, -0.05) is 17.7 Å². The van der Waals surface area contributed by atoms with Gasteiger partial charge in [-0.25, -0.2) is 0 Å². The van der Waals surface area contributed by atoms with Gasteiger partial charge in [0.15, 0.2) is 0 Å². The van der Waals surface area contributed by atoms with Gasteiger partial charge in [-0.3, -0.25) is 0 Å². The zero-order valence-electron chi connectivity index (χ0n) is 8.02. The summed E-state index contributed by atoms with van der Waals surface area (Å²) < 4.78 is 0. The fraction of sp³-hybridized carbons (Fsp3) is 0.455. The predicted molar refractivity (Wildman–Crippen MR) is 57.6 cm³/mol. The smallest absolute Gasteiger partial charge is 0.0622 e. The van der Waals surface area contributed by atoms with Gasteiger partial charge in [-0.2, -0.15) is 0 Å². The molecule has 1 atom stereocenters. The molecule has 1 unspecified atom stereocenters. The van der Waals surface area contributed by atoms with Gasteiger partial charge in [-0.15, -0.1) is 11.6 Å². The molecule has 0 spiro atoms. The average molecular weight is 196 g/mol. The maximum Gasteiger partial charge on any atom is 0.0622 e. The Morgan fingerprint density at radius 2 is 2.15 bits per heavy atom. The molecule has 0 aliphatic carbocycles. The molecule has 0 amide bonds. The van der Waals surface area contributed by atoms with Crippen molar-refractivity contribution in [1.29, 1.82) is 0 Å². The molecule has 1 aromatic carbocycles. The first-order valence-electron chi connectivity index (χ1n) is 4.67. The zero-order chi connectivity index (χ0) is 9.42. The van der Waals surface area contributed by atoms with Gasteiger partial charge in [0.1, 0.15) is 0 Å². The van der Waals surface area contributed by atoms with Crippen molar-refractivity contribution in [2.75, 3.05) is 11.9 Å². The summed E-state index contributed by atoms with van der Waals surface area (Å²) in [6.07, 6.45) is 1.03. The lowest BCUT2D eigenvalue weighted by Crippen LogP contribution is -2.15. The fourth-order valence-electron chi connectivity index (χ4n) is 1.97. The molecule has 0 bridgehead atoms. The van der Waals surface area contributed by atoms with Gasteiger partial charge in [0.2, 0.25) is 0 Å². The summed E-state index contributed by atoms with van der Waals surface area (Å²) in [7, 11) is 0. The van der Waals surface area contributed by atoms with Gasteiger partial charge in [0.25, 0.3) is 0 Å². The lowest BCUT2D eigenvalue weighted by Gasteiger charge is -2.24. The molecule has 13 heavy (non-hydrogen) atoms. The van der Waals surface area contributed by atoms with Crippen LogP contribution in [0.15, 0.2) is 12.1 Å². The van der Waals surface area contributed by atoms with Gasteiger partial charge in [-0.05, 0) is 31.4 Å². The van der Waals surface area contributed by atoms with E-state index in [1.165, 1.54) is 22.4 Å². The monoisotopic (exact) mass is 195 g/mol. The van der Waals surface area contributed by atoms with E-state index in [1.54, 1.807) is 0 Å². The molecule has 1 heterocycles. The van der Waals surface area contributed by atoms with E-state index < -0.39 is 0 Å². The first-order valence-corrected chi connectivity index (χ1v) is 5.11.